The molecule has 0 aliphatic heterocycles. The molecule has 8 unspecified atom stereocenters. The number of rotatable bonds is 1. The molecule has 0 radical (unpaired) electrons. The third-order valence-electron chi connectivity index (χ3n) is 7.17. The van der Waals surface area contributed by atoms with E-state index in [4.69, 9.17) is 0 Å². The summed E-state index contributed by atoms with van der Waals surface area (Å²) in [6, 6.07) is 0. The van der Waals surface area contributed by atoms with Gasteiger partial charge < -0.3 is 0 Å². The molecule has 4 rings (SSSR count). The number of fused-ring (bicyclic) bond motifs is 3. The van der Waals surface area contributed by atoms with Crippen LogP contribution < -0.4 is 0 Å². The van der Waals surface area contributed by atoms with Gasteiger partial charge in [-0.3, -0.25) is 0 Å². The van der Waals surface area contributed by atoms with Crippen LogP contribution in [0.25, 0.3) is 0 Å². The molecule has 18 heavy (non-hydrogen) atoms. The Morgan fingerprint density at radius 3 is 2.22 bits per heavy atom. The maximum absolute atomic E-state index is 2.54. The molecule has 0 aromatic carbocycles. The lowest BCUT2D eigenvalue weighted by Gasteiger charge is -2.39. The zero-order chi connectivity index (χ0) is 12.3. The molecule has 8 atom stereocenters. The lowest BCUT2D eigenvalue weighted by molar-refractivity contribution is 0.122. The van der Waals surface area contributed by atoms with Crippen LogP contribution in [0.4, 0.5) is 0 Å². The van der Waals surface area contributed by atoms with Gasteiger partial charge in [0.15, 0.2) is 0 Å². The highest BCUT2D eigenvalue weighted by atomic mass is 14.6. The molecule has 0 nitrogen and oxygen atoms in total. The van der Waals surface area contributed by atoms with Crippen LogP contribution in [0.3, 0.4) is 0 Å². The second-order valence-corrected chi connectivity index (χ2v) is 7.92. The summed E-state index contributed by atoms with van der Waals surface area (Å²) >= 11 is 0. The second-order valence-electron chi connectivity index (χ2n) is 7.92. The Kier molecular flexibility index (Phi) is 2.64. The lowest BCUT2D eigenvalue weighted by Crippen LogP contribution is -2.33. The molecule has 4 aliphatic rings. The van der Waals surface area contributed by atoms with Gasteiger partial charge in [-0.05, 0) is 79.4 Å². The molecule has 0 spiro atoms. The van der Waals surface area contributed by atoms with Crippen molar-refractivity contribution in [3.63, 3.8) is 0 Å². The highest BCUT2D eigenvalue weighted by molar-refractivity contribution is 5.09. The zero-order valence-corrected chi connectivity index (χ0v) is 12.0. The van der Waals surface area contributed by atoms with E-state index in [9.17, 15) is 0 Å². The summed E-state index contributed by atoms with van der Waals surface area (Å²) in [5, 5.41) is 0. The van der Waals surface area contributed by atoms with Gasteiger partial charge in [0.25, 0.3) is 0 Å². The van der Waals surface area contributed by atoms with Crippen molar-refractivity contribution >= 4 is 0 Å². The SMILES string of the molecule is CC1C=CC(C)C2C1CCC2C1CC2CCC1C2. The Labute approximate surface area is 112 Å². The van der Waals surface area contributed by atoms with Crippen molar-refractivity contribution in [3.05, 3.63) is 12.2 Å². The number of hydrogen-bond donors (Lipinski definition) is 0. The zero-order valence-electron chi connectivity index (χ0n) is 12.0. The molecule has 2 bridgehead atoms. The summed E-state index contributed by atoms with van der Waals surface area (Å²) in [5.41, 5.74) is 0. The van der Waals surface area contributed by atoms with Crippen LogP contribution in [-0.4, -0.2) is 0 Å². The molecule has 100 valence electrons. The third-order valence-corrected chi connectivity index (χ3v) is 7.17. The van der Waals surface area contributed by atoms with Gasteiger partial charge in [0.1, 0.15) is 0 Å². The van der Waals surface area contributed by atoms with Crippen LogP contribution in [0.1, 0.15) is 52.4 Å². The molecular formula is C18H28. The van der Waals surface area contributed by atoms with E-state index in [1.54, 1.807) is 32.1 Å². The maximum atomic E-state index is 2.54. The van der Waals surface area contributed by atoms with E-state index < -0.39 is 0 Å². The highest BCUT2D eigenvalue weighted by Crippen LogP contribution is 2.59. The smallest absolute Gasteiger partial charge is 0.0228 e. The van der Waals surface area contributed by atoms with Crippen molar-refractivity contribution < 1.29 is 0 Å². The van der Waals surface area contributed by atoms with E-state index in [2.05, 4.69) is 26.0 Å². The fourth-order valence-corrected chi connectivity index (χ4v) is 6.42. The second kappa shape index (κ2) is 4.12. The van der Waals surface area contributed by atoms with Gasteiger partial charge in [0, 0.05) is 0 Å². The first-order chi connectivity index (χ1) is 8.74. The first-order valence-electron chi connectivity index (χ1n) is 8.42. The Morgan fingerprint density at radius 2 is 1.50 bits per heavy atom. The van der Waals surface area contributed by atoms with E-state index in [1.807, 2.05) is 0 Å². The van der Waals surface area contributed by atoms with Crippen LogP contribution in [0.2, 0.25) is 0 Å². The highest BCUT2D eigenvalue weighted by Gasteiger charge is 2.50. The summed E-state index contributed by atoms with van der Waals surface area (Å²) < 4.78 is 0. The quantitative estimate of drug-likeness (QED) is 0.575. The fourth-order valence-electron chi connectivity index (χ4n) is 6.42. The van der Waals surface area contributed by atoms with Crippen molar-refractivity contribution in [1.29, 1.82) is 0 Å². The normalized spacial score (nSPS) is 58.1. The molecular weight excluding hydrogens is 216 g/mol. The van der Waals surface area contributed by atoms with Crippen LogP contribution in [0, 0.1) is 47.3 Å². The summed E-state index contributed by atoms with van der Waals surface area (Å²) in [6.07, 6.45) is 14.5. The Hall–Kier alpha value is -0.260. The van der Waals surface area contributed by atoms with Gasteiger partial charge in [-0.15, -0.1) is 0 Å². The summed E-state index contributed by atoms with van der Waals surface area (Å²) in [6.45, 7) is 4.95. The lowest BCUT2D eigenvalue weighted by atomic mass is 9.65. The molecule has 3 saturated carbocycles. The minimum atomic E-state index is 0.856. The number of allylic oxidation sites excluding steroid dienone is 2. The van der Waals surface area contributed by atoms with Gasteiger partial charge in [-0.2, -0.15) is 0 Å². The summed E-state index contributed by atoms with van der Waals surface area (Å²) in [7, 11) is 0. The van der Waals surface area contributed by atoms with Crippen molar-refractivity contribution in [2.45, 2.75) is 52.4 Å². The van der Waals surface area contributed by atoms with E-state index in [-0.39, 0.29) is 0 Å². The van der Waals surface area contributed by atoms with E-state index >= 15 is 0 Å². The minimum Gasteiger partial charge on any atom is -0.0851 e. The first-order valence-corrected chi connectivity index (χ1v) is 8.42. The first kappa shape index (κ1) is 11.6. The van der Waals surface area contributed by atoms with Gasteiger partial charge in [-0.1, -0.05) is 32.4 Å². The monoisotopic (exact) mass is 244 g/mol. The van der Waals surface area contributed by atoms with Crippen LogP contribution in [-0.2, 0) is 0 Å². The average Bonchev–Trinajstić information content (AvgIpc) is 3.06. The van der Waals surface area contributed by atoms with Crippen LogP contribution in [0.15, 0.2) is 12.2 Å². The molecule has 0 aromatic rings. The Bertz CT molecular complexity index is 355. The largest absolute Gasteiger partial charge is 0.0851 e. The molecule has 4 aliphatic carbocycles. The van der Waals surface area contributed by atoms with Crippen molar-refractivity contribution in [1.82, 2.24) is 0 Å². The van der Waals surface area contributed by atoms with E-state index in [1.165, 1.54) is 6.42 Å². The summed E-state index contributed by atoms with van der Waals surface area (Å²) in [4.78, 5) is 0. The Balaban J connectivity index is 1.58. The van der Waals surface area contributed by atoms with E-state index in [0.717, 1.165) is 47.3 Å². The fraction of sp³-hybridized carbons (Fsp3) is 0.889. The maximum Gasteiger partial charge on any atom is -0.0228 e. The standard InChI is InChI=1S/C18H28/c1-11-3-4-12(2)18-15(11)7-8-16(18)17-10-13-5-6-14(17)9-13/h3-4,11-18H,5-10H2,1-2H3. The molecule has 0 saturated heterocycles. The van der Waals surface area contributed by atoms with Crippen molar-refractivity contribution in [3.8, 4) is 0 Å². The Morgan fingerprint density at radius 1 is 0.722 bits per heavy atom. The molecule has 0 N–H and O–H groups in total. The molecule has 0 aromatic heterocycles. The van der Waals surface area contributed by atoms with Crippen molar-refractivity contribution in [2.24, 2.45) is 47.3 Å². The third kappa shape index (κ3) is 1.57. The molecule has 0 amide bonds. The van der Waals surface area contributed by atoms with Gasteiger partial charge in [0.2, 0.25) is 0 Å². The van der Waals surface area contributed by atoms with Crippen molar-refractivity contribution in [2.75, 3.05) is 0 Å². The van der Waals surface area contributed by atoms with E-state index in [0.29, 0.717) is 0 Å². The average molecular weight is 244 g/mol. The topological polar surface area (TPSA) is 0 Å². The summed E-state index contributed by atoms with van der Waals surface area (Å²) in [5.74, 6) is 8.25. The number of hydrogen-bond acceptors (Lipinski definition) is 0. The van der Waals surface area contributed by atoms with Gasteiger partial charge in [0.05, 0.1) is 0 Å². The van der Waals surface area contributed by atoms with Crippen LogP contribution in [0.5, 0.6) is 0 Å². The van der Waals surface area contributed by atoms with Gasteiger partial charge in [-0.25, -0.2) is 0 Å². The molecule has 3 fully saturated rings. The molecule has 0 heteroatoms. The minimum absolute atomic E-state index is 0.856. The van der Waals surface area contributed by atoms with Crippen LogP contribution >= 0.6 is 0 Å². The predicted molar refractivity (Wildman–Crippen MR) is 76.1 cm³/mol. The predicted octanol–water partition coefficient (Wildman–Crippen LogP) is 4.91. The molecule has 0 heterocycles. The van der Waals surface area contributed by atoms with Gasteiger partial charge >= 0.3 is 0 Å².